The third kappa shape index (κ3) is 5.00. The number of benzene rings is 1. The van der Waals surface area contributed by atoms with E-state index >= 15 is 0 Å². The van der Waals surface area contributed by atoms with E-state index in [1.807, 2.05) is 6.92 Å². The molecule has 0 aromatic heterocycles. The molecule has 1 aromatic rings. The third-order valence-electron chi connectivity index (χ3n) is 2.57. The number of primary sulfonamides is 1. The van der Waals surface area contributed by atoms with E-state index < -0.39 is 22.1 Å². The van der Waals surface area contributed by atoms with Crippen LogP contribution in [-0.2, 0) is 19.5 Å². The average Bonchev–Trinajstić information content (AvgIpc) is 2.43. The van der Waals surface area contributed by atoms with Gasteiger partial charge >= 0.3 is 5.97 Å². The molecule has 0 saturated carbocycles. The summed E-state index contributed by atoms with van der Waals surface area (Å²) >= 11 is 0. The molecule has 118 valence electrons. The summed E-state index contributed by atoms with van der Waals surface area (Å²) in [6.45, 7) is 4.29. The molecule has 8 heteroatoms. The molecule has 21 heavy (non-hydrogen) atoms. The van der Waals surface area contributed by atoms with E-state index in [9.17, 15) is 13.2 Å². The molecule has 0 bridgehead atoms. The first kappa shape index (κ1) is 17.4. The number of carbonyl (C=O) groups is 1. The van der Waals surface area contributed by atoms with Crippen molar-refractivity contribution in [3.05, 3.63) is 23.8 Å². The SMILES string of the molecule is CCOCC(C)OC(=O)c1ccc(OC)c(S(N)(=O)=O)c1. The number of ether oxygens (including phenoxy) is 3. The zero-order valence-corrected chi connectivity index (χ0v) is 13.0. The maximum absolute atomic E-state index is 11.9. The summed E-state index contributed by atoms with van der Waals surface area (Å²) in [6, 6.07) is 3.89. The van der Waals surface area contributed by atoms with Gasteiger partial charge in [-0.05, 0) is 32.0 Å². The number of hydrogen-bond donors (Lipinski definition) is 1. The van der Waals surface area contributed by atoms with Crippen LogP contribution in [-0.4, -0.2) is 40.8 Å². The first-order chi connectivity index (χ1) is 9.79. The quantitative estimate of drug-likeness (QED) is 0.750. The van der Waals surface area contributed by atoms with Crippen LogP contribution in [0.4, 0.5) is 0 Å². The van der Waals surface area contributed by atoms with Gasteiger partial charge in [-0.15, -0.1) is 0 Å². The Hall–Kier alpha value is -1.64. The summed E-state index contributed by atoms with van der Waals surface area (Å²) < 4.78 is 38.1. The highest BCUT2D eigenvalue weighted by molar-refractivity contribution is 7.89. The maximum atomic E-state index is 11.9. The van der Waals surface area contributed by atoms with Crippen molar-refractivity contribution in [1.82, 2.24) is 0 Å². The van der Waals surface area contributed by atoms with Gasteiger partial charge in [-0.3, -0.25) is 0 Å². The number of nitrogens with two attached hydrogens (primary N) is 1. The van der Waals surface area contributed by atoms with Crippen molar-refractivity contribution in [2.24, 2.45) is 5.14 Å². The highest BCUT2D eigenvalue weighted by atomic mass is 32.2. The van der Waals surface area contributed by atoms with Crippen molar-refractivity contribution in [2.75, 3.05) is 20.3 Å². The van der Waals surface area contributed by atoms with Gasteiger partial charge in [-0.25, -0.2) is 18.4 Å². The molecule has 0 aliphatic carbocycles. The molecular weight excluding hydrogens is 298 g/mol. The van der Waals surface area contributed by atoms with Gasteiger partial charge < -0.3 is 14.2 Å². The van der Waals surface area contributed by atoms with Gasteiger partial charge in [-0.2, -0.15) is 0 Å². The lowest BCUT2D eigenvalue weighted by Crippen LogP contribution is -2.21. The van der Waals surface area contributed by atoms with Crippen molar-refractivity contribution in [1.29, 1.82) is 0 Å². The lowest BCUT2D eigenvalue weighted by Gasteiger charge is -2.14. The Morgan fingerprint density at radius 3 is 2.57 bits per heavy atom. The van der Waals surface area contributed by atoms with Crippen LogP contribution < -0.4 is 9.88 Å². The number of carbonyl (C=O) groups excluding carboxylic acids is 1. The minimum atomic E-state index is -4.00. The zero-order valence-electron chi connectivity index (χ0n) is 12.2. The Labute approximate surface area is 124 Å². The van der Waals surface area contributed by atoms with Crippen molar-refractivity contribution in [3.8, 4) is 5.75 Å². The van der Waals surface area contributed by atoms with Gasteiger partial charge in [0.05, 0.1) is 19.3 Å². The van der Waals surface area contributed by atoms with Gasteiger partial charge in [0, 0.05) is 6.61 Å². The minimum Gasteiger partial charge on any atom is -0.495 e. The molecule has 0 spiro atoms. The number of methoxy groups -OCH3 is 1. The summed E-state index contributed by atoms with van der Waals surface area (Å²) in [4.78, 5) is 11.7. The highest BCUT2D eigenvalue weighted by Crippen LogP contribution is 2.24. The topological polar surface area (TPSA) is 105 Å². The number of rotatable bonds is 7. The molecule has 0 heterocycles. The molecule has 0 amide bonds. The fourth-order valence-electron chi connectivity index (χ4n) is 1.59. The van der Waals surface area contributed by atoms with E-state index in [1.165, 1.54) is 19.2 Å². The number of esters is 1. The summed E-state index contributed by atoms with van der Waals surface area (Å²) in [7, 11) is -2.69. The molecule has 1 rings (SSSR count). The second kappa shape index (κ2) is 7.39. The molecule has 0 aliphatic rings. The molecule has 0 radical (unpaired) electrons. The van der Waals surface area contributed by atoms with Crippen LogP contribution in [0.3, 0.4) is 0 Å². The number of hydrogen-bond acceptors (Lipinski definition) is 6. The molecule has 0 aliphatic heterocycles. The molecule has 2 N–H and O–H groups in total. The van der Waals surface area contributed by atoms with Crippen LogP contribution in [0.5, 0.6) is 5.75 Å². The van der Waals surface area contributed by atoms with Gasteiger partial charge in [-0.1, -0.05) is 0 Å². The molecule has 0 fully saturated rings. The van der Waals surface area contributed by atoms with Gasteiger partial charge in [0.2, 0.25) is 10.0 Å². The zero-order chi connectivity index (χ0) is 16.0. The standard InChI is InChI=1S/C13H19NO6S/c1-4-19-8-9(2)20-13(15)10-5-6-11(18-3)12(7-10)21(14,16)17/h5-7,9H,4,8H2,1-3H3,(H2,14,16,17). The second-order valence-electron chi connectivity index (χ2n) is 4.29. The fraction of sp³-hybridized carbons (Fsp3) is 0.462. The summed E-state index contributed by atoms with van der Waals surface area (Å²) in [5.41, 5.74) is 0.0724. The Morgan fingerprint density at radius 1 is 1.38 bits per heavy atom. The van der Waals surface area contributed by atoms with Crippen LogP contribution in [0.1, 0.15) is 24.2 Å². The van der Waals surface area contributed by atoms with E-state index in [0.29, 0.717) is 6.61 Å². The summed E-state index contributed by atoms with van der Waals surface area (Å²) in [6.07, 6.45) is -0.447. The van der Waals surface area contributed by atoms with E-state index in [0.717, 1.165) is 6.07 Å². The predicted molar refractivity (Wildman–Crippen MR) is 75.7 cm³/mol. The highest BCUT2D eigenvalue weighted by Gasteiger charge is 2.19. The predicted octanol–water partition coefficient (Wildman–Crippen LogP) is 0.924. The normalized spacial score (nSPS) is 12.8. The van der Waals surface area contributed by atoms with Gasteiger partial charge in [0.1, 0.15) is 16.7 Å². The molecular formula is C13H19NO6S. The Morgan fingerprint density at radius 2 is 2.05 bits per heavy atom. The van der Waals surface area contributed by atoms with Crippen LogP contribution in [0.25, 0.3) is 0 Å². The van der Waals surface area contributed by atoms with E-state index in [4.69, 9.17) is 19.3 Å². The Bertz CT molecular complexity index is 599. The molecule has 1 aromatic carbocycles. The fourth-order valence-corrected chi connectivity index (χ4v) is 2.32. The van der Waals surface area contributed by atoms with Gasteiger partial charge in [0.25, 0.3) is 0 Å². The molecule has 7 nitrogen and oxygen atoms in total. The van der Waals surface area contributed by atoms with Crippen LogP contribution >= 0.6 is 0 Å². The summed E-state index contributed by atoms with van der Waals surface area (Å²) in [5, 5.41) is 5.09. The maximum Gasteiger partial charge on any atom is 0.338 e. The Balaban J connectivity index is 2.96. The van der Waals surface area contributed by atoms with Crippen molar-refractivity contribution >= 4 is 16.0 Å². The lowest BCUT2D eigenvalue weighted by molar-refractivity contribution is 0.00437. The number of sulfonamides is 1. The van der Waals surface area contributed by atoms with Crippen molar-refractivity contribution in [2.45, 2.75) is 24.8 Å². The molecule has 1 unspecified atom stereocenters. The molecule has 1 atom stereocenters. The smallest absolute Gasteiger partial charge is 0.338 e. The van der Waals surface area contributed by atoms with Crippen LogP contribution in [0, 0.1) is 0 Å². The van der Waals surface area contributed by atoms with E-state index in [-0.39, 0.29) is 22.8 Å². The second-order valence-corrected chi connectivity index (χ2v) is 5.82. The van der Waals surface area contributed by atoms with E-state index in [1.54, 1.807) is 6.92 Å². The average molecular weight is 317 g/mol. The van der Waals surface area contributed by atoms with E-state index in [2.05, 4.69) is 0 Å². The van der Waals surface area contributed by atoms with Crippen molar-refractivity contribution in [3.63, 3.8) is 0 Å². The van der Waals surface area contributed by atoms with Gasteiger partial charge in [0.15, 0.2) is 0 Å². The van der Waals surface area contributed by atoms with Crippen LogP contribution in [0.2, 0.25) is 0 Å². The first-order valence-electron chi connectivity index (χ1n) is 6.29. The van der Waals surface area contributed by atoms with Crippen molar-refractivity contribution < 1.29 is 27.4 Å². The summed E-state index contributed by atoms with van der Waals surface area (Å²) in [5.74, 6) is -0.592. The Kier molecular flexibility index (Phi) is 6.13. The largest absolute Gasteiger partial charge is 0.495 e. The van der Waals surface area contributed by atoms with Crippen LogP contribution in [0.15, 0.2) is 23.1 Å². The molecule has 0 saturated heterocycles. The third-order valence-corrected chi connectivity index (χ3v) is 3.50. The first-order valence-corrected chi connectivity index (χ1v) is 7.83. The lowest BCUT2D eigenvalue weighted by atomic mass is 10.2. The monoisotopic (exact) mass is 317 g/mol. The minimum absolute atomic E-state index is 0.0661.